The summed E-state index contributed by atoms with van der Waals surface area (Å²) in [6.07, 6.45) is 1.02. The fraction of sp³-hybridized carbons (Fsp3) is 1.00. The first-order valence-corrected chi connectivity index (χ1v) is 8.76. The molecule has 7 fully saturated rings. The van der Waals surface area contributed by atoms with Gasteiger partial charge in [-0.3, -0.25) is 0 Å². The molecule has 10 unspecified atom stereocenters. The molecule has 5 aliphatic carbocycles. The summed E-state index contributed by atoms with van der Waals surface area (Å²) < 4.78 is 72.1. The molecule has 4 nitrogen and oxygen atoms in total. The van der Waals surface area contributed by atoms with Gasteiger partial charge in [-0.25, -0.2) is 4.18 Å². The Labute approximate surface area is 119 Å². The van der Waals surface area contributed by atoms with Gasteiger partial charge in [0.1, 0.15) is 0 Å². The highest BCUT2D eigenvalue weighted by molar-refractivity contribution is 7.87. The van der Waals surface area contributed by atoms with Crippen molar-refractivity contribution in [1.29, 1.82) is 0 Å². The minimum absolute atomic E-state index is 0.150. The summed E-state index contributed by atoms with van der Waals surface area (Å²) in [7, 11) is -5.62. The van der Waals surface area contributed by atoms with Gasteiger partial charge in [0, 0.05) is 11.8 Å². The van der Waals surface area contributed by atoms with Gasteiger partial charge in [0.25, 0.3) is 0 Å². The molecule has 7 rings (SSSR count). The third-order valence-electron chi connectivity index (χ3n) is 7.66. The molecule has 2 saturated heterocycles. The second-order valence-electron chi connectivity index (χ2n) is 7.81. The van der Waals surface area contributed by atoms with Crippen molar-refractivity contribution in [3.8, 4) is 0 Å². The Morgan fingerprint density at radius 3 is 2.38 bits per heavy atom. The first-order chi connectivity index (χ1) is 9.64. The van der Waals surface area contributed by atoms with Gasteiger partial charge in [-0.05, 0) is 48.9 Å². The molecule has 21 heavy (non-hydrogen) atoms. The predicted molar refractivity (Wildman–Crippen MR) is 60.8 cm³/mol. The molecule has 4 bridgehead atoms. The standard InChI is InChI=1S/C13H13F3O4S/c1-11-7-3-2-4-6-5(3)9(11)10(6)12(19-11,8(4)7)20-21(17,18)13(14,15)16/h3-10H,2H2,1H3. The zero-order chi connectivity index (χ0) is 14.7. The minimum Gasteiger partial charge on any atom is -0.341 e. The van der Waals surface area contributed by atoms with Crippen molar-refractivity contribution >= 4 is 10.1 Å². The molecule has 7 aliphatic rings. The van der Waals surface area contributed by atoms with Crippen molar-refractivity contribution in [3.63, 3.8) is 0 Å². The van der Waals surface area contributed by atoms with Crippen molar-refractivity contribution in [2.45, 2.75) is 30.2 Å². The van der Waals surface area contributed by atoms with E-state index < -0.39 is 27.0 Å². The smallest absolute Gasteiger partial charge is 0.341 e. The maximum atomic E-state index is 12.7. The van der Waals surface area contributed by atoms with Crippen LogP contribution in [0.25, 0.3) is 0 Å². The van der Waals surface area contributed by atoms with Crippen LogP contribution in [-0.4, -0.2) is 25.3 Å². The summed E-state index contributed by atoms with van der Waals surface area (Å²) in [6, 6.07) is 0. The lowest BCUT2D eigenvalue weighted by Gasteiger charge is -2.46. The Kier molecular flexibility index (Phi) is 1.54. The molecule has 0 spiro atoms. The van der Waals surface area contributed by atoms with Crippen LogP contribution >= 0.6 is 0 Å². The maximum absolute atomic E-state index is 12.7. The molecule has 2 heterocycles. The molecule has 0 amide bonds. The van der Waals surface area contributed by atoms with Crippen molar-refractivity contribution < 1.29 is 30.5 Å². The normalized spacial score (nSPS) is 67.6. The zero-order valence-electron chi connectivity index (χ0n) is 11.0. The highest BCUT2D eigenvalue weighted by Gasteiger charge is 2.97. The van der Waals surface area contributed by atoms with Crippen molar-refractivity contribution in [1.82, 2.24) is 0 Å². The maximum Gasteiger partial charge on any atom is 0.523 e. The largest absolute Gasteiger partial charge is 0.523 e. The topological polar surface area (TPSA) is 52.6 Å². The first-order valence-electron chi connectivity index (χ1n) is 7.35. The minimum atomic E-state index is -5.62. The summed E-state index contributed by atoms with van der Waals surface area (Å²) in [5.41, 5.74) is -5.85. The van der Waals surface area contributed by atoms with Gasteiger partial charge >= 0.3 is 15.6 Å². The summed E-state index contributed by atoms with van der Waals surface area (Å²) in [4.78, 5) is 0. The van der Waals surface area contributed by atoms with Crippen LogP contribution in [0.4, 0.5) is 13.2 Å². The van der Waals surface area contributed by atoms with E-state index in [0.29, 0.717) is 23.7 Å². The average Bonchev–Trinajstić information content (AvgIpc) is 2.87. The van der Waals surface area contributed by atoms with E-state index in [4.69, 9.17) is 8.92 Å². The van der Waals surface area contributed by atoms with E-state index in [1.165, 1.54) is 0 Å². The Bertz CT molecular complexity index is 705. The predicted octanol–water partition coefficient (Wildman–Crippen LogP) is 1.73. The van der Waals surface area contributed by atoms with E-state index in [1.54, 1.807) is 0 Å². The van der Waals surface area contributed by atoms with Crippen LogP contribution in [0.5, 0.6) is 0 Å². The number of hydrogen-bond acceptors (Lipinski definition) is 4. The van der Waals surface area contributed by atoms with Gasteiger partial charge in [-0.2, -0.15) is 21.6 Å². The van der Waals surface area contributed by atoms with E-state index in [0.717, 1.165) is 6.42 Å². The second kappa shape index (κ2) is 2.67. The van der Waals surface area contributed by atoms with Crippen LogP contribution in [0.1, 0.15) is 13.3 Å². The number of halogens is 3. The van der Waals surface area contributed by atoms with E-state index >= 15 is 0 Å². The van der Waals surface area contributed by atoms with Gasteiger partial charge < -0.3 is 4.74 Å². The Balaban J connectivity index is 1.52. The van der Waals surface area contributed by atoms with Crippen LogP contribution in [-0.2, 0) is 19.0 Å². The van der Waals surface area contributed by atoms with Gasteiger partial charge in [-0.15, -0.1) is 0 Å². The summed E-state index contributed by atoms with van der Waals surface area (Å²) in [5.74, 6) is 0.243. The van der Waals surface area contributed by atoms with E-state index in [9.17, 15) is 21.6 Å². The summed E-state index contributed by atoms with van der Waals surface area (Å²) in [5, 5.41) is 0. The molecule has 0 N–H and O–H groups in total. The quantitative estimate of drug-likeness (QED) is 0.574. The number of alkyl halides is 3. The van der Waals surface area contributed by atoms with Crippen LogP contribution < -0.4 is 0 Å². The van der Waals surface area contributed by atoms with Crippen LogP contribution in [0.2, 0.25) is 0 Å². The second-order valence-corrected chi connectivity index (χ2v) is 9.35. The fourth-order valence-corrected chi connectivity index (χ4v) is 8.54. The monoisotopic (exact) mass is 322 g/mol. The molecule has 0 aromatic carbocycles. The van der Waals surface area contributed by atoms with Gasteiger partial charge in [-0.1, -0.05) is 0 Å². The molecule has 0 aromatic rings. The van der Waals surface area contributed by atoms with Gasteiger partial charge in [0.2, 0.25) is 0 Å². The molecule has 10 atom stereocenters. The molecular formula is C13H13F3O4S. The molecule has 8 heteroatoms. The highest BCUT2D eigenvalue weighted by Crippen LogP contribution is 2.93. The summed E-state index contributed by atoms with van der Waals surface area (Å²) in [6.45, 7) is 1.96. The van der Waals surface area contributed by atoms with Crippen LogP contribution in [0, 0.1) is 47.3 Å². The Morgan fingerprint density at radius 2 is 1.71 bits per heavy atom. The highest BCUT2D eigenvalue weighted by atomic mass is 32.2. The lowest BCUT2D eigenvalue weighted by atomic mass is 9.57. The first kappa shape index (κ1) is 12.1. The van der Waals surface area contributed by atoms with Crippen LogP contribution in [0.3, 0.4) is 0 Å². The SMILES string of the molecule is CC12OC3(OS(=O)(=O)C(F)(F)F)C4C5CC(C6C5C3C61)C42. The molecular weight excluding hydrogens is 309 g/mol. The molecule has 0 radical (unpaired) electrons. The van der Waals surface area contributed by atoms with Crippen molar-refractivity contribution in [2.75, 3.05) is 0 Å². The van der Waals surface area contributed by atoms with E-state index in [1.807, 2.05) is 6.92 Å². The lowest BCUT2D eigenvalue weighted by molar-refractivity contribution is -0.195. The van der Waals surface area contributed by atoms with E-state index in [-0.39, 0.29) is 23.7 Å². The van der Waals surface area contributed by atoms with Gasteiger partial charge in [0.05, 0.1) is 5.60 Å². The Hall–Kier alpha value is -0.340. The van der Waals surface area contributed by atoms with Crippen molar-refractivity contribution in [3.05, 3.63) is 0 Å². The lowest BCUT2D eigenvalue weighted by Crippen LogP contribution is -2.53. The van der Waals surface area contributed by atoms with E-state index in [2.05, 4.69) is 0 Å². The van der Waals surface area contributed by atoms with Crippen molar-refractivity contribution in [2.24, 2.45) is 47.3 Å². The summed E-state index contributed by atoms with van der Waals surface area (Å²) >= 11 is 0. The molecule has 2 aliphatic heterocycles. The zero-order valence-corrected chi connectivity index (χ0v) is 11.8. The Morgan fingerprint density at radius 1 is 1.10 bits per heavy atom. The number of rotatable bonds is 2. The number of ether oxygens (including phenoxy) is 1. The fourth-order valence-electron chi connectivity index (χ4n) is 7.84. The molecule has 116 valence electrons. The number of hydrogen-bond donors (Lipinski definition) is 0. The third kappa shape index (κ3) is 0.855. The van der Waals surface area contributed by atoms with Gasteiger partial charge in [0.15, 0.2) is 5.79 Å². The average molecular weight is 322 g/mol. The van der Waals surface area contributed by atoms with Crippen LogP contribution in [0.15, 0.2) is 0 Å². The molecule has 5 saturated carbocycles. The molecule has 0 aromatic heterocycles. The third-order valence-corrected chi connectivity index (χ3v) is 8.71.